The van der Waals surface area contributed by atoms with Crippen LogP contribution in [0.3, 0.4) is 0 Å². The second-order valence-corrected chi connectivity index (χ2v) is 5.44. The predicted octanol–water partition coefficient (Wildman–Crippen LogP) is 3.53. The summed E-state index contributed by atoms with van der Waals surface area (Å²) in [6.45, 7) is 8.64. The van der Waals surface area contributed by atoms with Crippen molar-refractivity contribution in [3.05, 3.63) is 0 Å². The highest BCUT2D eigenvalue weighted by Crippen LogP contribution is 2.20. The SMILES string of the molecule is CCCC(C)CN1CCC(CBr)CC1. The molecule has 0 spiro atoms. The number of hydrogen-bond donors (Lipinski definition) is 0. The van der Waals surface area contributed by atoms with Crippen LogP contribution in [0.15, 0.2) is 0 Å². The Morgan fingerprint density at radius 1 is 1.36 bits per heavy atom. The zero-order chi connectivity index (χ0) is 10.4. The van der Waals surface area contributed by atoms with E-state index >= 15 is 0 Å². The number of rotatable bonds is 5. The average Bonchev–Trinajstić information content (AvgIpc) is 2.19. The van der Waals surface area contributed by atoms with Crippen molar-refractivity contribution in [3.63, 3.8) is 0 Å². The first kappa shape index (κ1) is 12.5. The third-order valence-corrected chi connectivity index (χ3v) is 4.19. The molecule has 2 heteroatoms. The van der Waals surface area contributed by atoms with Gasteiger partial charge in [-0.2, -0.15) is 0 Å². The fourth-order valence-corrected chi connectivity index (χ4v) is 3.00. The van der Waals surface area contributed by atoms with Gasteiger partial charge in [0.15, 0.2) is 0 Å². The van der Waals surface area contributed by atoms with Gasteiger partial charge in [0.1, 0.15) is 0 Å². The Labute approximate surface area is 97.4 Å². The van der Waals surface area contributed by atoms with E-state index in [9.17, 15) is 0 Å². The molecule has 1 nitrogen and oxygen atoms in total. The van der Waals surface area contributed by atoms with E-state index in [2.05, 4.69) is 34.7 Å². The molecule has 0 saturated carbocycles. The normalized spacial score (nSPS) is 22.5. The molecule has 0 N–H and O–H groups in total. The van der Waals surface area contributed by atoms with E-state index in [1.165, 1.54) is 50.6 Å². The smallest absolute Gasteiger partial charge is 0.00606 e. The summed E-state index contributed by atoms with van der Waals surface area (Å²) in [7, 11) is 0. The minimum Gasteiger partial charge on any atom is -0.303 e. The van der Waals surface area contributed by atoms with Crippen LogP contribution in [-0.4, -0.2) is 29.9 Å². The Morgan fingerprint density at radius 2 is 2.00 bits per heavy atom. The maximum atomic E-state index is 3.59. The number of halogens is 1. The van der Waals surface area contributed by atoms with E-state index in [0.717, 1.165) is 11.8 Å². The third-order valence-electron chi connectivity index (χ3n) is 3.28. The van der Waals surface area contributed by atoms with Gasteiger partial charge in [0.05, 0.1) is 0 Å². The molecule has 0 bridgehead atoms. The summed E-state index contributed by atoms with van der Waals surface area (Å²) >= 11 is 3.59. The molecular weight excluding hydrogens is 238 g/mol. The van der Waals surface area contributed by atoms with Gasteiger partial charge in [0.2, 0.25) is 0 Å². The molecule has 1 saturated heterocycles. The molecule has 0 aliphatic carbocycles. The number of nitrogens with zero attached hydrogens (tertiary/aromatic N) is 1. The number of hydrogen-bond acceptors (Lipinski definition) is 1. The first-order valence-corrected chi connectivity index (χ1v) is 7.16. The first-order chi connectivity index (χ1) is 6.76. The molecule has 1 fully saturated rings. The molecule has 14 heavy (non-hydrogen) atoms. The zero-order valence-electron chi connectivity index (χ0n) is 9.64. The Hall–Kier alpha value is 0.440. The lowest BCUT2D eigenvalue weighted by molar-refractivity contribution is 0.169. The Kier molecular flexibility index (Phi) is 6.11. The van der Waals surface area contributed by atoms with Gasteiger partial charge >= 0.3 is 0 Å². The molecule has 0 aromatic rings. The lowest BCUT2D eigenvalue weighted by Crippen LogP contribution is -2.36. The molecule has 1 aliphatic rings. The zero-order valence-corrected chi connectivity index (χ0v) is 11.2. The Balaban J connectivity index is 2.15. The summed E-state index contributed by atoms with van der Waals surface area (Å²) < 4.78 is 0. The molecule has 1 heterocycles. The third kappa shape index (κ3) is 4.31. The summed E-state index contributed by atoms with van der Waals surface area (Å²) in [4.78, 5) is 2.65. The van der Waals surface area contributed by atoms with Crippen molar-refractivity contribution in [2.45, 2.75) is 39.5 Å². The summed E-state index contributed by atoms with van der Waals surface area (Å²) in [6, 6.07) is 0. The molecule has 1 unspecified atom stereocenters. The molecule has 1 aliphatic heterocycles. The molecular formula is C12H24BrN. The van der Waals surface area contributed by atoms with Gasteiger partial charge in [-0.05, 0) is 44.2 Å². The van der Waals surface area contributed by atoms with Crippen LogP contribution in [0.25, 0.3) is 0 Å². The summed E-state index contributed by atoms with van der Waals surface area (Å²) in [6.07, 6.45) is 5.51. The first-order valence-electron chi connectivity index (χ1n) is 6.04. The van der Waals surface area contributed by atoms with Crippen LogP contribution in [0.4, 0.5) is 0 Å². The van der Waals surface area contributed by atoms with Crippen molar-refractivity contribution < 1.29 is 0 Å². The molecule has 84 valence electrons. The van der Waals surface area contributed by atoms with Crippen LogP contribution < -0.4 is 0 Å². The van der Waals surface area contributed by atoms with Crippen LogP contribution in [0.5, 0.6) is 0 Å². The van der Waals surface area contributed by atoms with Gasteiger partial charge in [0, 0.05) is 11.9 Å². The monoisotopic (exact) mass is 261 g/mol. The minimum atomic E-state index is 0.889. The lowest BCUT2D eigenvalue weighted by Gasteiger charge is -2.32. The highest BCUT2D eigenvalue weighted by atomic mass is 79.9. The van der Waals surface area contributed by atoms with E-state index in [1.54, 1.807) is 0 Å². The van der Waals surface area contributed by atoms with Crippen molar-refractivity contribution >= 4 is 15.9 Å². The fourth-order valence-electron chi connectivity index (χ4n) is 2.35. The van der Waals surface area contributed by atoms with Gasteiger partial charge in [-0.25, -0.2) is 0 Å². The van der Waals surface area contributed by atoms with E-state index in [0.29, 0.717) is 0 Å². The Morgan fingerprint density at radius 3 is 2.50 bits per heavy atom. The second-order valence-electron chi connectivity index (χ2n) is 4.79. The quantitative estimate of drug-likeness (QED) is 0.685. The molecule has 0 aromatic carbocycles. The largest absolute Gasteiger partial charge is 0.303 e. The van der Waals surface area contributed by atoms with Crippen molar-refractivity contribution in [2.24, 2.45) is 11.8 Å². The molecule has 1 atom stereocenters. The molecule has 0 amide bonds. The van der Waals surface area contributed by atoms with Crippen molar-refractivity contribution in [3.8, 4) is 0 Å². The van der Waals surface area contributed by atoms with Crippen molar-refractivity contribution in [1.82, 2.24) is 4.90 Å². The maximum Gasteiger partial charge on any atom is 0.00606 e. The van der Waals surface area contributed by atoms with E-state index in [-0.39, 0.29) is 0 Å². The lowest BCUT2D eigenvalue weighted by atomic mass is 9.97. The second kappa shape index (κ2) is 6.84. The van der Waals surface area contributed by atoms with E-state index in [1.807, 2.05) is 0 Å². The summed E-state index contributed by atoms with van der Waals surface area (Å²) in [5, 5.41) is 1.20. The van der Waals surface area contributed by atoms with Crippen LogP contribution in [0.1, 0.15) is 39.5 Å². The number of likely N-dealkylation sites (tertiary alicyclic amines) is 1. The van der Waals surface area contributed by atoms with Crippen LogP contribution >= 0.6 is 15.9 Å². The Bertz CT molecular complexity index is 141. The fraction of sp³-hybridized carbons (Fsp3) is 1.00. The topological polar surface area (TPSA) is 3.24 Å². The average molecular weight is 262 g/mol. The molecule has 0 radical (unpaired) electrons. The van der Waals surface area contributed by atoms with Crippen LogP contribution in [0.2, 0.25) is 0 Å². The summed E-state index contributed by atoms with van der Waals surface area (Å²) in [5.74, 6) is 1.83. The standard InChI is InChI=1S/C12H24BrN/c1-3-4-11(2)10-14-7-5-12(9-13)6-8-14/h11-12H,3-10H2,1-2H3. The van der Waals surface area contributed by atoms with Crippen LogP contribution in [0, 0.1) is 11.8 Å². The van der Waals surface area contributed by atoms with Crippen molar-refractivity contribution in [2.75, 3.05) is 25.0 Å². The highest BCUT2D eigenvalue weighted by Gasteiger charge is 2.18. The van der Waals surface area contributed by atoms with Gasteiger partial charge < -0.3 is 4.90 Å². The molecule has 0 aromatic heterocycles. The number of alkyl halides is 1. The predicted molar refractivity (Wildman–Crippen MR) is 67.0 cm³/mol. The van der Waals surface area contributed by atoms with Gasteiger partial charge in [0.25, 0.3) is 0 Å². The van der Waals surface area contributed by atoms with Gasteiger partial charge in [-0.1, -0.05) is 36.2 Å². The van der Waals surface area contributed by atoms with Gasteiger partial charge in [-0.15, -0.1) is 0 Å². The number of piperidine rings is 1. The molecule has 1 rings (SSSR count). The van der Waals surface area contributed by atoms with Gasteiger partial charge in [-0.3, -0.25) is 0 Å². The summed E-state index contributed by atoms with van der Waals surface area (Å²) in [5.41, 5.74) is 0. The maximum absolute atomic E-state index is 3.59. The van der Waals surface area contributed by atoms with E-state index in [4.69, 9.17) is 0 Å². The van der Waals surface area contributed by atoms with Crippen LogP contribution in [-0.2, 0) is 0 Å². The highest BCUT2D eigenvalue weighted by molar-refractivity contribution is 9.09. The minimum absolute atomic E-state index is 0.889. The van der Waals surface area contributed by atoms with E-state index < -0.39 is 0 Å². The van der Waals surface area contributed by atoms with Crippen molar-refractivity contribution in [1.29, 1.82) is 0 Å².